The number of rotatable bonds is 7. The molecule has 0 saturated carbocycles. The molecule has 0 radical (unpaired) electrons. The van der Waals surface area contributed by atoms with Crippen molar-refractivity contribution in [3.05, 3.63) is 99.0 Å². The van der Waals surface area contributed by atoms with Crippen molar-refractivity contribution in [2.45, 2.75) is 19.3 Å². The van der Waals surface area contributed by atoms with Crippen molar-refractivity contribution >= 4 is 52.7 Å². The molecule has 12 heteroatoms. The number of hydrogen-bond acceptors (Lipinski definition) is 4. The molecular formula is C24H18Cl2F3N5OS. The Morgan fingerprint density at radius 2 is 1.58 bits per heavy atom. The normalized spacial score (nSPS) is 11.4. The Balaban J connectivity index is 1.59. The Labute approximate surface area is 219 Å². The highest BCUT2D eigenvalue weighted by Crippen LogP contribution is 2.30. The average molecular weight is 552 g/mol. The van der Waals surface area contributed by atoms with Gasteiger partial charge in [-0.3, -0.25) is 9.36 Å². The number of alkyl halides is 3. The second kappa shape index (κ2) is 10.7. The van der Waals surface area contributed by atoms with Crippen molar-refractivity contribution in [1.82, 2.24) is 14.3 Å². The van der Waals surface area contributed by atoms with Crippen LogP contribution in [0.5, 0.6) is 0 Å². The van der Waals surface area contributed by atoms with Gasteiger partial charge < -0.3 is 10.6 Å². The molecule has 1 heterocycles. The molecule has 6 nitrogen and oxygen atoms in total. The molecule has 4 aromatic rings. The molecule has 0 atom stereocenters. The van der Waals surface area contributed by atoms with Gasteiger partial charge in [0.15, 0.2) is 5.82 Å². The minimum Gasteiger partial charge on any atom is -0.378 e. The third-order valence-electron chi connectivity index (χ3n) is 5.05. The molecule has 0 aliphatic carbocycles. The van der Waals surface area contributed by atoms with Crippen LogP contribution < -0.4 is 10.6 Å². The number of aromatic nitrogens is 3. The molecular weight excluding hydrogens is 534 g/mol. The molecule has 0 aliphatic heterocycles. The number of carbonyl (C=O) groups is 1. The van der Waals surface area contributed by atoms with Crippen molar-refractivity contribution < 1.29 is 18.0 Å². The number of anilines is 2. The van der Waals surface area contributed by atoms with Gasteiger partial charge >= 0.3 is 6.18 Å². The van der Waals surface area contributed by atoms with E-state index >= 15 is 0 Å². The summed E-state index contributed by atoms with van der Waals surface area (Å²) in [7, 11) is 0. The first kappa shape index (κ1) is 25.7. The van der Waals surface area contributed by atoms with Crippen LogP contribution in [0.4, 0.5) is 24.5 Å². The van der Waals surface area contributed by atoms with Gasteiger partial charge in [-0.15, -0.1) is 0 Å². The van der Waals surface area contributed by atoms with Gasteiger partial charge in [0.2, 0.25) is 10.7 Å². The second-order valence-electron chi connectivity index (χ2n) is 7.66. The maximum Gasteiger partial charge on any atom is 0.416 e. The maximum atomic E-state index is 13.0. The monoisotopic (exact) mass is 551 g/mol. The number of benzene rings is 3. The summed E-state index contributed by atoms with van der Waals surface area (Å²) in [6, 6.07) is 18.4. The molecule has 1 amide bonds. The van der Waals surface area contributed by atoms with Crippen LogP contribution >= 0.6 is 35.4 Å². The summed E-state index contributed by atoms with van der Waals surface area (Å²) in [5.41, 5.74) is 0.634. The molecule has 0 bridgehead atoms. The van der Waals surface area contributed by atoms with E-state index in [2.05, 4.69) is 15.7 Å². The van der Waals surface area contributed by atoms with Crippen LogP contribution in [0, 0.1) is 4.77 Å². The van der Waals surface area contributed by atoms with E-state index in [4.69, 9.17) is 35.4 Å². The van der Waals surface area contributed by atoms with Crippen molar-refractivity contribution in [1.29, 1.82) is 0 Å². The summed E-state index contributed by atoms with van der Waals surface area (Å²) >= 11 is 17.5. The largest absolute Gasteiger partial charge is 0.416 e. The fourth-order valence-electron chi connectivity index (χ4n) is 3.38. The van der Waals surface area contributed by atoms with E-state index in [9.17, 15) is 18.0 Å². The lowest BCUT2D eigenvalue weighted by atomic mass is 10.2. The average Bonchev–Trinajstić information content (AvgIpc) is 3.13. The topological polar surface area (TPSA) is 63.9 Å². The van der Waals surface area contributed by atoms with Crippen LogP contribution in [-0.2, 0) is 24.1 Å². The molecule has 1 aromatic heterocycles. The molecule has 0 spiro atoms. The van der Waals surface area contributed by atoms with Crippen molar-refractivity contribution in [2.75, 3.05) is 10.6 Å². The Hall–Kier alpha value is -3.34. The molecule has 186 valence electrons. The zero-order valence-electron chi connectivity index (χ0n) is 18.4. The Morgan fingerprint density at radius 3 is 2.22 bits per heavy atom. The minimum atomic E-state index is -4.52. The van der Waals surface area contributed by atoms with Crippen LogP contribution in [0.3, 0.4) is 0 Å². The number of halogens is 5. The highest BCUT2D eigenvalue weighted by molar-refractivity contribution is 7.71. The Bertz CT molecular complexity index is 1430. The van der Waals surface area contributed by atoms with E-state index < -0.39 is 17.6 Å². The summed E-state index contributed by atoms with van der Waals surface area (Å²) in [5.74, 6) is -0.0764. The number of hydrogen-bond donors (Lipinski definition) is 2. The van der Waals surface area contributed by atoms with Crippen LogP contribution in [0.1, 0.15) is 11.4 Å². The SMILES string of the molecule is O=C(Cn1nc(CNc2ccc(Cl)cc2)n(-c2ccc(Cl)cc2)c1=S)Nc1cccc(C(F)(F)F)c1. The third kappa shape index (κ3) is 6.26. The summed E-state index contributed by atoms with van der Waals surface area (Å²) in [5, 5.41) is 11.3. The Morgan fingerprint density at radius 1 is 0.944 bits per heavy atom. The Kier molecular flexibility index (Phi) is 7.67. The molecule has 0 unspecified atom stereocenters. The first-order valence-electron chi connectivity index (χ1n) is 10.5. The van der Waals surface area contributed by atoms with Crippen molar-refractivity contribution in [3.8, 4) is 5.69 Å². The van der Waals surface area contributed by atoms with Crippen molar-refractivity contribution in [3.63, 3.8) is 0 Å². The predicted molar refractivity (Wildman–Crippen MR) is 136 cm³/mol. The van der Waals surface area contributed by atoms with Crippen LogP contribution in [0.25, 0.3) is 5.69 Å². The van der Waals surface area contributed by atoms with Gasteiger partial charge in [0.25, 0.3) is 0 Å². The lowest BCUT2D eigenvalue weighted by Gasteiger charge is -2.10. The van der Waals surface area contributed by atoms with E-state index in [0.29, 0.717) is 21.6 Å². The van der Waals surface area contributed by atoms with Gasteiger partial charge in [-0.05, 0) is 78.9 Å². The molecule has 0 saturated heterocycles. The van der Waals surface area contributed by atoms with E-state index in [0.717, 1.165) is 17.8 Å². The smallest absolute Gasteiger partial charge is 0.378 e. The minimum absolute atomic E-state index is 0.0168. The van der Waals surface area contributed by atoms with Gasteiger partial charge in [-0.25, -0.2) is 4.68 Å². The van der Waals surface area contributed by atoms with Gasteiger partial charge in [0.05, 0.1) is 12.1 Å². The highest BCUT2D eigenvalue weighted by Gasteiger charge is 2.30. The first-order chi connectivity index (χ1) is 17.1. The van der Waals surface area contributed by atoms with Gasteiger partial charge in [-0.2, -0.15) is 18.3 Å². The number of nitrogens with one attached hydrogen (secondary N) is 2. The lowest BCUT2D eigenvalue weighted by molar-refractivity contribution is -0.137. The summed E-state index contributed by atoms with van der Waals surface area (Å²) in [6.45, 7) is -0.0419. The first-order valence-corrected chi connectivity index (χ1v) is 11.7. The molecule has 2 N–H and O–H groups in total. The third-order valence-corrected chi connectivity index (χ3v) is 5.95. The van der Waals surface area contributed by atoms with E-state index in [1.54, 1.807) is 41.0 Å². The van der Waals surface area contributed by atoms with E-state index in [-0.39, 0.29) is 23.5 Å². The zero-order chi connectivity index (χ0) is 25.9. The second-order valence-corrected chi connectivity index (χ2v) is 8.89. The van der Waals surface area contributed by atoms with Crippen LogP contribution in [-0.4, -0.2) is 20.3 Å². The van der Waals surface area contributed by atoms with Gasteiger partial charge in [0, 0.05) is 27.1 Å². The lowest BCUT2D eigenvalue weighted by Crippen LogP contribution is -2.20. The quantitative estimate of drug-likeness (QED) is 0.243. The summed E-state index contributed by atoms with van der Waals surface area (Å²) in [4.78, 5) is 12.7. The summed E-state index contributed by atoms with van der Waals surface area (Å²) in [6.07, 6.45) is -4.52. The predicted octanol–water partition coefficient (Wildman–Crippen LogP) is 6.98. The fraction of sp³-hybridized carbons (Fsp3) is 0.125. The number of carbonyl (C=O) groups excluding carboxylic acids is 1. The standard InChI is InChI=1S/C24H18Cl2F3N5OS/c25-16-4-8-18(9-5-16)30-13-21-32-33(23(36)34(21)20-10-6-17(26)7-11-20)14-22(35)31-19-3-1-2-15(12-19)24(27,28)29/h1-12,30H,13-14H2,(H,31,35). The molecule has 4 rings (SSSR count). The zero-order valence-corrected chi connectivity index (χ0v) is 20.7. The van der Waals surface area contributed by atoms with Gasteiger partial charge in [-0.1, -0.05) is 29.3 Å². The van der Waals surface area contributed by atoms with Gasteiger partial charge in [0.1, 0.15) is 6.54 Å². The molecule has 36 heavy (non-hydrogen) atoms. The number of nitrogens with zero attached hydrogens (tertiary/aromatic N) is 3. The molecule has 0 aliphatic rings. The van der Waals surface area contributed by atoms with E-state index in [1.165, 1.54) is 16.8 Å². The molecule has 3 aromatic carbocycles. The highest BCUT2D eigenvalue weighted by atomic mass is 35.5. The summed E-state index contributed by atoms with van der Waals surface area (Å²) < 4.78 is 42.2. The molecule has 0 fully saturated rings. The van der Waals surface area contributed by atoms with Crippen LogP contribution in [0.15, 0.2) is 72.8 Å². The van der Waals surface area contributed by atoms with E-state index in [1.807, 2.05) is 12.1 Å². The van der Waals surface area contributed by atoms with Crippen molar-refractivity contribution in [2.24, 2.45) is 0 Å². The fourth-order valence-corrected chi connectivity index (χ4v) is 3.95. The maximum absolute atomic E-state index is 13.0. The van der Waals surface area contributed by atoms with Crippen LogP contribution in [0.2, 0.25) is 10.0 Å². The number of amides is 1.